The lowest BCUT2D eigenvalue weighted by molar-refractivity contribution is -0.123. The lowest BCUT2D eigenvalue weighted by Gasteiger charge is -2.12. The molecule has 0 bridgehead atoms. The fourth-order valence-corrected chi connectivity index (χ4v) is 5.13. The molecule has 0 fully saturated rings. The molecule has 0 saturated heterocycles. The van der Waals surface area contributed by atoms with Crippen LogP contribution in [0.5, 0.6) is 23.0 Å². The van der Waals surface area contributed by atoms with Gasteiger partial charge < -0.3 is 34.3 Å². The van der Waals surface area contributed by atoms with Crippen molar-refractivity contribution < 1.29 is 33.3 Å². The number of para-hydroxylation sites is 1. The summed E-state index contributed by atoms with van der Waals surface area (Å²) in [6.07, 6.45) is 6.34. The fraction of sp³-hybridized carbons (Fsp3) is 0.429. The molecule has 0 unspecified atom stereocenters. The summed E-state index contributed by atoms with van der Waals surface area (Å²) in [5.41, 5.74) is 4.41. The third-order valence-corrected chi connectivity index (χ3v) is 7.53. The van der Waals surface area contributed by atoms with E-state index in [1.165, 1.54) is 5.56 Å². The summed E-state index contributed by atoms with van der Waals surface area (Å²) in [4.78, 5) is 24.5. The highest BCUT2D eigenvalue weighted by molar-refractivity contribution is 5.77. The summed E-state index contributed by atoms with van der Waals surface area (Å²) in [6, 6.07) is 19.7. The van der Waals surface area contributed by atoms with E-state index >= 15 is 0 Å². The van der Waals surface area contributed by atoms with Gasteiger partial charge in [0.2, 0.25) is 0 Å². The molecule has 9 heteroatoms. The predicted molar refractivity (Wildman–Crippen MR) is 168 cm³/mol. The summed E-state index contributed by atoms with van der Waals surface area (Å²) in [6.45, 7) is 2.30. The van der Waals surface area contributed by atoms with Gasteiger partial charge in [0.15, 0.2) is 24.7 Å². The topological polar surface area (TPSA) is 104 Å². The van der Waals surface area contributed by atoms with E-state index in [4.69, 9.17) is 23.7 Å². The zero-order valence-corrected chi connectivity index (χ0v) is 25.8. The van der Waals surface area contributed by atoms with Gasteiger partial charge in [-0.05, 0) is 73.1 Å². The Hall–Kier alpha value is -4.24. The minimum atomic E-state index is -0.131. The van der Waals surface area contributed by atoms with Gasteiger partial charge in [-0.2, -0.15) is 0 Å². The number of hydrogen-bond donors (Lipinski definition) is 2. The van der Waals surface area contributed by atoms with Crippen molar-refractivity contribution in [1.82, 2.24) is 10.6 Å². The SMILES string of the molecule is COc1ccc(CCCc2ccccc2OCC(=O)NCCCCCCNC(=O)COc2cccc3c2COC3)cc1OC. The summed E-state index contributed by atoms with van der Waals surface area (Å²) in [7, 11) is 3.27. The first kappa shape index (κ1) is 32.7. The van der Waals surface area contributed by atoms with Crippen molar-refractivity contribution in [2.75, 3.05) is 40.5 Å². The molecule has 0 aromatic heterocycles. The van der Waals surface area contributed by atoms with Crippen molar-refractivity contribution in [3.8, 4) is 23.0 Å². The van der Waals surface area contributed by atoms with Gasteiger partial charge in [-0.1, -0.05) is 49.2 Å². The van der Waals surface area contributed by atoms with Crippen LogP contribution in [-0.4, -0.2) is 52.3 Å². The van der Waals surface area contributed by atoms with E-state index in [9.17, 15) is 9.59 Å². The van der Waals surface area contributed by atoms with Gasteiger partial charge in [-0.3, -0.25) is 9.59 Å². The minimum Gasteiger partial charge on any atom is -0.493 e. The second kappa shape index (κ2) is 17.8. The number of carbonyl (C=O) groups excluding carboxylic acids is 2. The normalized spacial score (nSPS) is 11.9. The minimum absolute atomic E-state index is 0.00558. The van der Waals surface area contributed by atoms with Gasteiger partial charge in [0, 0.05) is 18.7 Å². The molecule has 4 rings (SSSR count). The summed E-state index contributed by atoms with van der Waals surface area (Å²) >= 11 is 0. The molecule has 1 aliphatic heterocycles. The number of amides is 2. The molecule has 0 aliphatic carbocycles. The molecule has 1 aliphatic rings. The molecule has 0 atom stereocenters. The van der Waals surface area contributed by atoms with E-state index in [0.29, 0.717) is 32.1 Å². The molecular weight excluding hydrogens is 560 g/mol. The number of aryl methyl sites for hydroxylation is 2. The Morgan fingerprint density at radius 1 is 0.682 bits per heavy atom. The van der Waals surface area contributed by atoms with E-state index in [1.807, 2.05) is 54.6 Å². The maximum atomic E-state index is 12.4. The number of hydrogen-bond acceptors (Lipinski definition) is 7. The first-order valence-electron chi connectivity index (χ1n) is 15.3. The highest BCUT2D eigenvalue weighted by Crippen LogP contribution is 2.30. The van der Waals surface area contributed by atoms with Gasteiger partial charge in [0.1, 0.15) is 11.5 Å². The van der Waals surface area contributed by atoms with Crippen LogP contribution in [0.25, 0.3) is 0 Å². The van der Waals surface area contributed by atoms with Crippen molar-refractivity contribution in [3.05, 3.63) is 82.9 Å². The number of carbonyl (C=O) groups is 2. The van der Waals surface area contributed by atoms with Gasteiger partial charge in [0.25, 0.3) is 11.8 Å². The summed E-state index contributed by atoms with van der Waals surface area (Å²) < 4.78 is 27.7. The molecule has 236 valence electrons. The molecule has 9 nitrogen and oxygen atoms in total. The van der Waals surface area contributed by atoms with E-state index in [2.05, 4.69) is 16.7 Å². The number of ether oxygens (including phenoxy) is 5. The first-order chi connectivity index (χ1) is 21.6. The van der Waals surface area contributed by atoms with Crippen LogP contribution in [-0.2, 0) is 40.4 Å². The largest absolute Gasteiger partial charge is 0.493 e. The molecule has 44 heavy (non-hydrogen) atoms. The maximum absolute atomic E-state index is 12.4. The number of unbranched alkanes of at least 4 members (excludes halogenated alkanes) is 3. The highest BCUT2D eigenvalue weighted by Gasteiger charge is 2.16. The average molecular weight is 605 g/mol. The number of fused-ring (bicyclic) bond motifs is 1. The Kier molecular flexibility index (Phi) is 13.2. The van der Waals surface area contributed by atoms with Crippen molar-refractivity contribution in [2.45, 2.75) is 58.2 Å². The Bertz CT molecular complexity index is 1360. The van der Waals surface area contributed by atoms with Crippen LogP contribution < -0.4 is 29.6 Å². The van der Waals surface area contributed by atoms with E-state index in [0.717, 1.165) is 78.9 Å². The molecule has 0 spiro atoms. The monoisotopic (exact) mass is 604 g/mol. The number of rotatable bonds is 19. The molecular formula is C35H44N2O7. The zero-order chi connectivity index (χ0) is 31.0. The second-order valence-corrected chi connectivity index (χ2v) is 10.7. The van der Waals surface area contributed by atoms with Crippen molar-refractivity contribution in [1.29, 1.82) is 0 Å². The molecule has 2 N–H and O–H groups in total. The van der Waals surface area contributed by atoms with Crippen molar-refractivity contribution >= 4 is 11.8 Å². The van der Waals surface area contributed by atoms with Crippen LogP contribution in [0.2, 0.25) is 0 Å². The second-order valence-electron chi connectivity index (χ2n) is 10.7. The van der Waals surface area contributed by atoms with Gasteiger partial charge in [0.05, 0.1) is 27.4 Å². The average Bonchev–Trinajstić information content (AvgIpc) is 3.54. The lowest BCUT2D eigenvalue weighted by atomic mass is 10.0. The predicted octanol–water partition coefficient (Wildman–Crippen LogP) is 5.16. The van der Waals surface area contributed by atoms with Crippen LogP contribution >= 0.6 is 0 Å². The number of methoxy groups -OCH3 is 2. The Balaban J connectivity index is 1.03. The zero-order valence-electron chi connectivity index (χ0n) is 25.8. The standard InChI is InChI=1S/C35H44N2O7/c1-40-32-18-17-26(21-33(32)41-2)11-9-13-27-12-5-6-15-30(27)43-24-34(38)36-19-7-3-4-8-20-37-35(39)25-44-31-16-10-14-28-22-42-23-29(28)31/h5-6,10,12,14-18,21H,3-4,7-9,11,13,19-20,22-25H2,1-2H3,(H,36,38)(H,37,39). The maximum Gasteiger partial charge on any atom is 0.257 e. The van der Waals surface area contributed by atoms with Crippen molar-refractivity contribution in [2.24, 2.45) is 0 Å². The van der Waals surface area contributed by atoms with E-state index in [-0.39, 0.29) is 25.0 Å². The van der Waals surface area contributed by atoms with E-state index < -0.39 is 0 Å². The number of benzene rings is 3. The van der Waals surface area contributed by atoms with Crippen LogP contribution in [0.15, 0.2) is 60.7 Å². The van der Waals surface area contributed by atoms with Crippen LogP contribution in [0.3, 0.4) is 0 Å². The molecule has 0 radical (unpaired) electrons. The molecule has 2 amide bonds. The molecule has 0 saturated carbocycles. The van der Waals surface area contributed by atoms with Gasteiger partial charge in [-0.15, -0.1) is 0 Å². The van der Waals surface area contributed by atoms with Gasteiger partial charge >= 0.3 is 0 Å². The number of nitrogens with one attached hydrogen (secondary N) is 2. The highest BCUT2D eigenvalue weighted by atomic mass is 16.5. The summed E-state index contributed by atoms with van der Waals surface area (Å²) in [5.74, 6) is 2.64. The van der Waals surface area contributed by atoms with Crippen LogP contribution in [0, 0.1) is 0 Å². The van der Waals surface area contributed by atoms with Crippen LogP contribution in [0.4, 0.5) is 0 Å². The van der Waals surface area contributed by atoms with E-state index in [1.54, 1.807) is 14.2 Å². The fourth-order valence-electron chi connectivity index (χ4n) is 5.13. The van der Waals surface area contributed by atoms with Crippen LogP contribution in [0.1, 0.15) is 54.4 Å². The Labute approximate surface area is 260 Å². The smallest absolute Gasteiger partial charge is 0.257 e. The lowest BCUT2D eigenvalue weighted by Crippen LogP contribution is -2.30. The summed E-state index contributed by atoms with van der Waals surface area (Å²) in [5, 5.41) is 5.84. The molecule has 1 heterocycles. The third kappa shape index (κ3) is 10.2. The van der Waals surface area contributed by atoms with Crippen molar-refractivity contribution in [3.63, 3.8) is 0 Å². The molecule has 3 aromatic rings. The first-order valence-corrected chi connectivity index (χ1v) is 15.3. The quantitative estimate of drug-likeness (QED) is 0.182. The van der Waals surface area contributed by atoms with Gasteiger partial charge in [-0.25, -0.2) is 0 Å². The molecule has 3 aromatic carbocycles. The third-order valence-electron chi connectivity index (χ3n) is 7.53. The Morgan fingerprint density at radius 2 is 1.36 bits per heavy atom. The Morgan fingerprint density at radius 3 is 2.09 bits per heavy atom.